The minimum atomic E-state index is -0.512. The molecule has 2 aromatic heterocycles. The zero-order chi connectivity index (χ0) is 17.6. The number of aromatic nitrogens is 3. The molecule has 130 valence electrons. The third kappa shape index (κ3) is 2.97. The molecule has 0 N–H and O–H groups in total. The van der Waals surface area contributed by atoms with Crippen molar-refractivity contribution in [3.05, 3.63) is 36.2 Å². The summed E-state index contributed by atoms with van der Waals surface area (Å²) >= 11 is 0. The first-order valence-corrected chi connectivity index (χ1v) is 8.30. The fourth-order valence-electron chi connectivity index (χ4n) is 2.91. The molecule has 0 unspecified atom stereocenters. The second-order valence-electron chi connectivity index (χ2n) is 7.14. The Bertz CT molecular complexity index is 902. The molecule has 1 aliphatic rings. The molecule has 4 rings (SSSR count). The van der Waals surface area contributed by atoms with Gasteiger partial charge in [-0.2, -0.15) is 0 Å². The van der Waals surface area contributed by atoms with Gasteiger partial charge in [-0.25, -0.2) is 4.79 Å². The fourth-order valence-corrected chi connectivity index (χ4v) is 2.91. The standard InChI is InChI=1S/C18H20N4O3/c1-18(2,3)25-17(23)21-8-9-22-15(11-21)19-20-16(22)14-10-12-6-4-5-7-13(12)24-14/h4-7,10H,8-9,11H2,1-3H3. The van der Waals surface area contributed by atoms with E-state index in [9.17, 15) is 4.79 Å². The van der Waals surface area contributed by atoms with Crippen LogP contribution in [0.3, 0.4) is 0 Å². The summed E-state index contributed by atoms with van der Waals surface area (Å²) in [4.78, 5) is 13.9. The first-order chi connectivity index (χ1) is 11.9. The Labute approximate surface area is 145 Å². The third-order valence-corrected chi connectivity index (χ3v) is 4.05. The number of carbonyl (C=O) groups excluding carboxylic acids is 1. The highest BCUT2D eigenvalue weighted by Gasteiger charge is 2.29. The van der Waals surface area contributed by atoms with Crippen molar-refractivity contribution in [2.45, 2.75) is 39.5 Å². The number of rotatable bonds is 1. The summed E-state index contributed by atoms with van der Waals surface area (Å²) in [7, 11) is 0. The summed E-state index contributed by atoms with van der Waals surface area (Å²) < 4.78 is 13.3. The lowest BCUT2D eigenvalue weighted by Gasteiger charge is -2.30. The largest absolute Gasteiger partial charge is 0.453 e. The zero-order valence-corrected chi connectivity index (χ0v) is 14.5. The first-order valence-electron chi connectivity index (χ1n) is 8.30. The number of nitrogens with zero attached hydrogens (tertiary/aromatic N) is 4. The van der Waals surface area contributed by atoms with Crippen LogP contribution in [-0.4, -0.2) is 37.9 Å². The lowest BCUT2D eigenvalue weighted by atomic mass is 10.2. The van der Waals surface area contributed by atoms with Crippen LogP contribution in [0.5, 0.6) is 0 Å². The van der Waals surface area contributed by atoms with Gasteiger partial charge in [0.15, 0.2) is 17.4 Å². The molecule has 7 heteroatoms. The maximum Gasteiger partial charge on any atom is 0.410 e. The number of benzene rings is 1. The van der Waals surface area contributed by atoms with Gasteiger partial charge in [0.05, 0.1) is 6.54 Å². The Kier molecular flexibility index (Phi) is 3.52. The zero-order valence-electron chi connectivity index (χ0n) is 14.5. The van der Waals surface area contributed by atoms with E-state index in [-0.39, 0.29) is 6.09 Å². The van der Waals surface area contributed by atoms with Gasteiger partial charge in [-0.3, -0.25) is 4.90 Å². The summed E-state index contributed by atoms with van der Waals surface area (Å²) in [5.41, 5.74) is 0.308. The molecule has 3 aromatic rings. The number of furan rings is 1. The Morgan fingerprint density at radius 1 is 1.20 bits per heavy atom. The molecular weight excluding hydrogens is 320 g/mol. The molecule has 0 saturated heterocycles. The summed E-state index contributed by atoms with van der Waals surface area (Å²) in [6.45, 7) is 7.11. The van der Waals surface area contributed by atoms with Gasteiger partial charge in [0.25, 0.3) is 0 Å². The summed E-state index contributed by atoms with van der Waals surface area (Å²) in [6.07, 6.45) is -0.327. The van der Waals surface area contributed by atoms with Crippen LogP contribution in [0, 0.1) is 0 Å². The van der Waals surface area contributed by atoms with E-state index in [1.807, 2.05) is 55.7 Å². The van der Waals surface area contributed by atoms with E-state index < -0.39 is 5.60 Å². The molecule has 1 amide bonds. The Balaban J connectivity index is 1.59. The van der Waals surface area contributed by atoms with Gasteiger partial charge in [-0.1, -0.05) is 18.2 Å². The molecule has 1 aromatic carbocycles. The van der Waals surface area contributed by atoms with Crippen LogP contribution in [0.1, 0.15) is 26.6 Å². The molecular formula is C18H20N4O3. The molecule has 0 atom stereocenters. The molecule has 3 heterocycles. The monoisotopic (exact) mass is 340 g/mol. The van der Waals surface area contributed by atoms with Crippen LogP contribution < -0.4 is 0 Å². The second kappa shape index (κ2) is 5.61. The number of para-hydroxylation sites is 1. The second-order valence-corrected chi connectivity index (χ2v) is 7.14. The summed E-state index contributed by atoms with van der Waals surface area (Å²) in [5, 5.41) is 9.54. The normalized spacial score (nSPS) is 14.6. The number of hydrogen-bond donors (Lipinski definition) is 0. The maximum absolute atomic E-state index is 12.2. The van der Waals surface area contributed by atoms with Crippen LogP contribution in [0.2, 0.25) is 0 Å². The van der Waals surface area contributed by atoms with Crippen molar-refractivity contribution in [1.29, 1.82) is 0 Å². The highest BCUT2D eigenvalue weighted by molar-refractivity contribution is 5.81. The van der Waals surface area contributed by atoms with E-state index in [0.29, 0.717) is 31.2 Å². The van der Waals surface area contributed by atoms with E-state index >= 15 is 0 Å². The number of fused-ring (bicyclic) bond motifs is 2. The van der Waals surface area contributed by atoms with Crippen LogP contribution in [-0.2, 0) is 17.8 Å². The lowest BCUT2D eigenvalue weighted by Crippen LogP contribution is -2.41. The first kappa shape index (κ1) is 15.7. The van der Waals surface area contributed by atoms with Gasteiger partial charge < -0.3 is 13.7 Å². The molecule has 25 heavy (non-hydrogen) atoms. The highest BCUT2D eigenvalue weighted by atomic mass is 16.6. The molecule has 0 spiro atoms. The molecule has 1 aliphatic heterocycles. The fraction of sp³-hybridized carbons (Fsp3) is 0.389. The van der Waals surface area contributed by atoms with E-state index in [2.05, 4.69) is 10.2 Å². The Morgan fingerprint density at radius 2 is 2.00 bits per heavy atom. The molecule has 0 radical (unpaired) electrons. The van der Waals surface area contributed by atoms with Gasteiger partial charge in [-0.15, -0.1) is 10.2 Å². The average molecular weight is 340 g/mol. The van der Waals surface area contributed by atoms with Crippen molar-refractivity contribution in [3.63, 3.8) is 0 Å². The minimum Gasteiger partial charge on any atom is -0.453 e. The Morgan fingerprint density at radius 3 is 2.76 bits per heavy atom. The van der Waals surface area contributed by atoms with Gasteiger partial charge >= 0.3 is 6.09 Å². The van der Waals surface area contributed by atoms with Gasteiger partial charge in [0.1, 0.15) is 11.2 Å². The number of hydrogen-bond acceptors (Lipinski definition) is 5. The van der Waals surface area contributed by atoms with Crippen LogP contribution in [0.4, 0.5) is 4.79 Å². The van der Waals surface area contributed by atoms with Gasteiger partial charge in [0.2, 0.25) is 0 Å². The molecule has 0 fully saturated rings. The third-order valence-electron chi connectivity index (χ3n) is 4.05. The van der Waals surface area contributed by atoms with Crippen molar-refractivity contribution < 1.29 is 13.9 Å². The van der Waals surface area contributed by atoms with Crippen molar-refractivity contribution in [1.82, 2.24) is 19.7 Å². The minimum absolute atomic E-state index is 0.327. The van der Waals surface area contributed by atoms with Crippen molar-refractivity contribution in [3.8, 4) is 11.6 Å². The quantitative estimate of drug-likeness (QED) is 0.678. The van der Waals surface area contributed by atoms with Crippen LogP contribution in [0.15, 0.2) is 34.7 Å². The smallest absolute Gasteiger partial charge is 0.410 e. The van der Waals surface area contributed by atoms with Gasteiger partial charge in [0, 0.05) is 18.5 Å². The predicted octanol–water partition coefficient (Wildman–Crippen LogP) is 3.44. The molecule has 0 saturated carbocycles. The summed E-state index contributed by atoms with van der Waals surface area (Å²) in [5.74, 6) is 2.10. The number of carbonyl (C=O) groups is 1. The van der Waals surface area contributed by atoms with E-state index in [0.717, 1.165) is 16.8 Å². The maximum atomic E-state index is 12.2. The number of amides is 1. The Hall–Kier alpha value is -2.83. The summed E-state index contributed by atoms with van der Waals surface area (Å²) in [6, 6.07) is 9.80. The SMILES string of the molecule is CC(C)(C)OC(=O)N1CCn2c(nnc2-c2cc3ccccc3o2)C1. The topological polar surface area (TPSA) is 73.4 Å². The van der Waals surface area contributed by atoms with E-state index in [1.54, 1.807) is 4.90 Å². The van der Waals surface area contributed by atoms with E-state index in [1.165, 1.54) is 0 Å². The van der Waals surface area contributed by atoms with Crippen LogP contribution in [0.25, 0.3) is 22.6 Å². The number of ether oxygens (including phenoxy) is 1. The highest BCUT2D eigenvalue weighted by Crippen LogP contribution is 2.28. The van der Waals surface area contributed by atoms with Crippen molar-refractivity contribution >= 4 is 17.1 Å². The predicted molar refractivity (Wildman–Crippen MR) is 91.9 cm³/mol. The van der Waals surface area contributed by atoms with Crippen LogP contribution >= 0.6 is 0 Å². The van der Waals surface area contributed by atoms with E-state index in [4.69, 9.17) is 9.15 Å². The van der Waals surface area contributed by atoms with Crippen molar-refractivity contribution in [2.24, 2.45) is 0 Å². The van der Waals surface area contributed by atoms with Crippen molar-refractivity contribution in [2.75, 3.05) is 6.54 Å². The molecule has 7 nitrogen and oxygen atoms in total. The average Bonchev–Trinajstić information content (AvgIpc) is 3.16. The molecule has 0 bridgehead atoms. The lowest BCUT2D eigenvalue weighted by molar-refractivity contribution is 0.0195. The van der Waals surface area contributed by atoms with Gasteiger partial charge in [-0.05, 0) is 32.9 Å². The molecule has 0 aliphatic carbocycles.